The Bertz CT molecular complexity index is 579. The van der Waals surface area contributed by atoms with Crippen LogP contribution in [0, 0.1) is 0 Å². The average Bonchev–Trinajstić information content (AvgIpc) is 2.97. The minimum absolute atomic E-state index is 1.05. The zero-order valence-electron chi connectivity index (χ0n) is 13.7. The monoisotopic (exact) mass is 298 g/mol. The van der Waals surface area contributed by atoms with Gasteiger partial charge in [-0.15, -0.1) is 0 Å². The number of likely N-dealkylation sites (N-methyl/N-ethyl adjacent to an activating group) is 1. The molecule has 2 aromatic rings. The Hall–Kier alpha value is -1.65. The number of aryl methyl sites for hydroxylation is 2. The number of piperazine rings is 1. The van der Waals surface area contributed by atoms with Gasteiger partial charge >= 0.3 is 0 Å². The zero-order chi connectivity index (χ0) is 15.4. The summed E-state index contributed by atoms with van der Waals surface area (Å²) in [5.74, 6) is 0. The van der Waals surface area contributed by atoms with E-state index in [0.29, 0.717) is 0 Å². The average molecular weight is 298 g/mol. The van der Waals surface area contributed by atoms with Gasteiger partial charge in [0.25, 0.3) is 0 Å². The first-order valence-corrected chi connectivity index (χ1v) is 8.20. The Morgan fingerprint density at radius 3 is 2.32 bits per heavy atom. The van der Waals surface area contributed by atoms with Crippen molar-refractivity contribution in [3.05, 3.63) is 42.1 Å². The SMILES string of the molecule is CN1CCN(CCCc2ccc(-c3ccn(C)n3)cc2)CC1. The fraction of sp³-hybridized carbons (Fsp3) is 0.500. The smallest absolute Gasteiger partial charge is 0.0923 e. The van der Waals surface area contributed by atoms with Crippen LogP contribution in [0.25, 0.3) is 11.3 Å². The summed E-state index contributed by atoms with van der Waals surface area (Å²) in [6, 6.07) is 10.9. The third kappa shape index (κ3) is 3.96. The summed E-state index contributed by atoms with van der Waals surface area (Å²) in [6.45, 7) is 6.07. The van der Waals surface area contributed by atoms with Crippen LogP contribution in [0.15, 0.2) is 36.5 Å². The summed E-state index contributed by atoms with van der Waals surface area (Å²) in [5.41, 5.74) is 3.67. The predicted molar refractivity (Wildman–Crippen MR) is 90.9 cm³/mol. The van der Waals surface area contributed by atoms with Crippen molar-refractivity contribution in [2.24, 2.45) is 7.05 Å². The molecule has 0 amide bonds. The van der Waals surface area contributed by atoms with E-state index in [4.69, 9.17) is 0 Å². The Kier molecular flexibility index (Phi) is 4.90. The standard InChI is InChI=1S/C18H26N4/c1-20-12-14-22(15-13-20)10-3-4-16-5-7-17(8-6-16)18-9-11-21(2)19-18/h5-9,11H,3-4,10,12-15H2,1-2H3. The summed E-state index contributed by atoms with van der Waals surface area (Å²) in [5, 5.41) is 4.45. The van der Waals surface area contributed by atoms with Crippen LogP contribution < -0.4 is 0 Å². The van der Waals surface area contributed by atoms with Crippen molar-refractivity contribution in [1.82, 2.24) is 19.6 Å². The van der Waals surface area contributed by atoms with E-state index in [1.807, 2.05) is 17.9 Å². The second-order valence-electron chi connectivity index (χ2n) is 6.32. The first-order chi connectivity index (χ1) is 10.7. The van der Waals surface area contributed by atoms with Gasteiger partial charge in [-0.2, -0.15) is 5.10 Å². The summed E-state index contributed by atoms with van der Waals surface area (Å²) in [4.78, 5) is 5.00. The van der Waals surface area contributed by atoms with Crippen LogP contribution in [0.3, 0.4) is 0 Å². The normalized spacial score (nSPS) is 17.0. The second kappa shape index (κ2) is 7.07. The fourth-order valence-corrected chi connectivity index (χ4v) is 2.99. The number of benzene rings is 1. The maximum Gasteiger partial charge on any atom is 0.0923 e. The van der Waals surface area contributed by atoms with Crippen LogP contribution in [0.4, 0.5) is 0 Å². The number of aromatic nitrogens is 2. The largest absolute Gasteiger partial charge is 0.304 e. The molecule has 3 rings (SSSR count). The van der Waals surface area contributed by atoms with Gasteiger partial charge in [0, 0.05) is 45.0 Å². The highest BCUT2D eigenvalue weighted by Crippen LogP contribution is 2.18. The molecule has 1 aliphatic heterocycles. The molecule has 2 heterocycles. The van der Waals surface area contributed by atoms with Gasteiger partial charge in [0.05, 0.1) is 5.69 Å². The molecule has 1 aliphatic rings. The van der Waals surface area contributed by atoms with E-state index >= 15 is 0 Å². The molecule has 0 aliphatic carbocycles. The molecule has 0 N–H and O–H groups in total. The lowest BCUT2D eigenvalue weighted by Gasteiger charge is -2.32. The van der Waals surface area contributed by atoms with E-state index in [9.17, 15) is 0 Å². The highest BCUT2D eigenvalue weighted by molar-refractivity contribution is 5.58. The molecule has 22 heavy (non-hydrogen) atoms. The van der Waals surface area contributed by atoms with E-state index in [-0.39, 0.29) is 0 Å². The van der Waals surface area contributed by atoms with Gasteiger partial charge in [0.15, 0.2) is 0 Å². The topological polar surface area (TPSA) is 24.3 Å². The Labute approximate surface area is 133 Å². The highest BCUT2D eigenvalue weighted by Gasteiger charge is 2.12. The van der Waals surface area contributed by atoms with Crippen molar-refractivity contribution in [3.8, 4) is 11.3 Å². The third-order valence-corrected chi connectivity index (χ3v) is 4.50. The van der Waals surface area contributed by atoms with E-state index in [0.717, 1.165) is 12.1 Å². The van der Waals surface area contributed by atoms with Gasteiger partial charge in [-0.25, -0.2) is 0 Å². The molecule has 1 aromatic carbocycles. The van der Waals surface area contributed by atoms with Crippen LogP contribution in [0.2, 0.25) is 0 Å². The Morgan fingerprint density at radius 2 is 1.68 bits per heavy atom. The molecule has 0 bridgehead atoms. The lowest BCUT2D eigenvalue weighted by molar-refractivity contribution is 0.153. The van der Waals surface area contributed by atoms with Gasteiger partial charge in [-0.05, 0) is 38.1 Å². The minimum Gasteiger partial charge on any atom is -0.304 e. The molecule has 1 saturated heterocycles. The van der Waals surface area contributed by atoms with E-state index in [1.54, 1.807) is 0 Å². The molecule has 0 atom stereocenters. The predicted octanol–water partition coefficient (Wildman–Crippen LogP) is 2.27. The molecule has 0 saturated carbocycles. The fourth-order valence-electron chi connectivity index (χ4n) is 2.99. The molecular formula is C18H26N4. The van der Waals surface area contributed by atoms with Crippen molar-refractivity contribution < 1.29 is 0 Å². The van der Waals surface area contributed by atoms with Crippen molar-refractivity contribution in [2.75, 3.05) is 39.8 Å². The Balaban J connectivity index is 1.47. The Morgan fingerprint density at radius 1 is 0.955 bits per heavy atom. The summed E-state index contributed by atoms with van der Waals surface area (Å²) in [6.07, 6.45) is 4.39. The summed E-state index contributed by atoms with van der Waals surface area (Å²) < 4.78 is 1.85. The molecule has 0 spiro atoms. The van der Waals surface area contributed by atoms with Crippen LogP contribution in [0.1, 0.15) is 12.0 Å². The second-order valence-corrected chi connectivity index (χ2v) is 6.32. The van der Waals surface area contributed by atoms with Crippen LogP contribution in [-0.2, 0) is 13.5 Å². The maximum atomic E-state index is 4.45. The van der Waals surface area contributed by atoms with Gasteiger partial charge < -0.3 is 9.80 Å². The molecule has 1 aromatic heterocycles. The third-order valence-electron chi connectivity index (χ3n) is 4.50. The van der Waals surface area contributed by atoms with Crippen molar-refractivity contribution >= 4 is 0 Å². The molecule has 0 unspecified atom stereocenters. The van der Waals surface area contributed by atoms with E-state index in [2.05, 4.69) is 52.3 Å². The number of rotatable bonds is 5. The van der Waals surface area contributed by atoms with Crippen LogP contribution in [-0.4, -0.2) is 59.4 Å². The number of hydrogen-bond donors (Lipinski definition) is 0. The molecule has 0 radical (unpaired) electrons. The van der Waals surface area contributed by atoms with Gasteiger partial charge in [-0.3, -0.25) is 4.68 Å². The quantitative estimate of drug-likeness (QED) is 0.846. The van der Waals surface area contributed by atoms with Gasteiger partial charge in [0.2, 0.25) is 0 Å². The summed E-state index contributed by atoms with van der Waals surface area (Å²) >= 11 is 0. The van der Waals surface area contributed by atoms with Gasteiger partial charge in [-0.1, -0.05) is 24.3 Å². The molecule has 118 valence electrons. The molecular weight excluding hydrogens is 272 g/mol. The van der Waals surface area contributed by atoms with E-state index in [1.165, 1.54) is 50.3 Å². The molecule has 4 nitrogen and oxygen atoms in total. The lowest BCUT2D eigenvalue weighted by Crippen LogP contribution is -2.44. The number of nitrogens with zero attached hydrogens (tertiary/aromatic N) is 4. The van der Waals surface area contributed by atoms with Gasteiger partial charge in [0.1, 0.15) is 0 Å². The summed E-state index contributed by atoms with van der Waals surface area (Å²) in [7, 11) is 4.16. The first kappa shape index (κ1) is 15.3. The molecule has 4 heteroatoms. The van der Waals surface area contributed by atoms with Crippen LogP contribution >= 0.6 is 0 Å². The molecule has 1 fully saturated rings. The maximum absolute atomic E-state index is 4.45. The number of hydrogen-bond acceptors (Lipinski definition) is 3. The van der Waals surface area contributed by atoms with Crippen molar-refractivity contribution in [2.45, 2.75) is 12.8 Å². The lowest BCUT2D eigenvalue weighted by atomic mass is 10.1. The van der Waals surface area contributed by atoms with E-state index < -0.39 is 0 Å². The zero-order valence-corrected chi connectivity index (χ0v) is 13.7. The first-order valence-electron chi connectivity index (χ1n) is 8.20. The van der Waals surface area contributed by atoms with Crippen molar-refractivity contribution in [3.63, 3.8) is 0 Å². The highest BCUT2D eigenvalue weighted by atomic mass is 15.2. The van der Waals surface area contributed by atoms with Crippen molar-refractivity contribution in [1.29, 1.82) is 0 Å². The van der Waals surface area contributed by atoms with Crippen LogP contribution in [0.5, 0.6) is 0 Å². The minimum atomic E-state index is 1.05.